The fourth-order valence-corrected chi connectivity index (χ4v) is 2.99. The van der Waals surface area contributed by atoms with Gasteiger partial charge in [0, 0.05) is 25.1 Å². The van der Waals surface area contributed by atoms with E-state index in [0.29, 0.717) is 6.20 Å². The number of hydrogen-bond donors (Lipinski definition) is 0. The Bertz CT molecular complexity index is 1130. The molecule has 0 radical (unpaired) electrons. The smallest absolute Gasteiger partial charge is 0.417 e. The predicted molar refractivity (Wildman–Crippen MR) is 106 cm³/mol. The highest BCUT2D eigenvalue weighted by atomic mass is 19.4. The molecular formula is C21H18F5N5O2. The molecule has 0 aliphatic carbocycles. The quantitative estimate of drug-likeness (QED) is 0.486. The van der Waals surface area contributed by atoms with Gasteiger partial charge in [-0.25, -0.2) is 28.7 Å². The van der Waals surface area contributed by atoms with Crippen LogP contribution >= 0.6 is 0 Å². The first-order chi connectivity index (χ1) is 15.6. The third-order valence-electron chi connectivity index (χ3n) is 4.59. The molecule has 174 valence electrons. The molecule has 0 aliphatic rings. The molecule has 0 spiro atoms. The number of nitrogens with zero attached hydrogens (tertiary/aromatic N) is 5. The topological polar surface area (TPSA) is 81.1 Å². The van der Waals surface area contributed by atoms with E-state index in [0.717, 1.165) is 12.3 Å². The van der Waals surface area contributed by atoms with Gasteiger partial charge in [0.2, 0.25) is 5.88 Å². The fourth-order valence-electron chi connectivity index (χ4n) is 2.99. The van der Waals surface area contributed by atoms with Gasteiger partial charge in [-0.1, -0.05) is 0 Å². The Morgan fingerprint density at radius 2 is 1.79 bits per heavy atom. The Morgan fingerprint density at radius 1 is 1.09 bits per heavy atom. The zero-order chi connectivity index (χ0) is 24.2. The number of amides is 1. The molecule has 0 saturated carbocycles. The van der Waals surface area contributed by atoms with Gasteiger partial charge < -0.3 is 9.64 Å². The van der Waals surface area contributed by atoms with Gasteiger partial charge in [-0.2, -0.15) is 13.2 Å². The standard InChI is InChI=1S/C21H18F5N5O2/c1-3-31(12(2)11-33-19-16(23)7-13(9-30-19)21(24,25)26)20(32)15-8-14(22)10-29-17(15)18-27-5-4-6-28-18/h4-10,12H,3,11H2,1-2H3. The van der Waals surface area contributed by atoms with E-state index in [1.165, 1.54) is 17.3 Å². The molecule has 3 aromatic rings. The predicted octanol–water partition coefficient (Wildman–Crippen LogP) is 4.16. The fraction of sp³-hybridized carbons (Fsp3) is 0.286. The first-order valence-corrected chi connectivity index (χ1v) is 9.71. The summed E-state index contributed by atoms with van der Waals surface area (Å²) >= 11 is 0. The molecule has 1 atom stereocenters. The summed E-state index contributed by atoms with van der Waals surface area (Å²) in [6, 6.07) is 2.17. The van der Waals surface area contributed by atoms with Crippen LogP contribution in [-0.2, 0) is 6.18 Å². The van der Waals surface area contributed by atoms with E-state index in [4.69, 9.17) is 4.74 Å². The molecule has 12 heteroatoms. The lowest BCUT2D eigenvalue weighted by molar-refractivity contribution is -0.138. The number of rotatable bonds is 7. The van der Waals surface area contributed by atoms with Crippen LogP contribution in [0.5, 0.6) is 5.88 Å². The number of carbonyl (C=O) groups excluding carboxylic acids is 1. The molecular weight excluding hydrogens is 449 g/mol. The summed E-state index contributed by atoms with van der Waals surface area (Å²) in [5.74, 6) is -3.15. The molecule has 3 aromatic heterocycles. The number of likely N-dealkylation sites (N-methyl/N-ethyl adjacent to an activating group) is 1. The molecule has 3 rings (SSSR count). The number of aromatic nitrogens is 4. The van der Waals surface area contributed by atoms with Gasteiger partial charge in [0.15, 0.2) is 11.6 Å². The van der Waals surface area contributed by atoms with Gasteiger partial charge in [-0.3, -0.25) is 4.79 Å². The second-order valence-corrected chi connectivity index (χ2v) is 6.88. The zero-order valence-corrected chi connectivity index (χ0v) is 17.5. The molecule has 33 heavy (non-hydrogen) atoms. The average Bonchev–Trinajstić information content (AvgIpc) is 2.78. The number of hydrogen-bond acceptors (Lipinski definition) is 6. The summed E-state index contributed by atoms with van der Waals surface area (Å²) < 4.78 is 71.1. The van der Waals surface area contributed by atoms with Crippen molar-refractivity contribution in [1.29, 1.82) is 0 Å². The number of pyridine rings is 2. The van der Waals surface area contributed by atoms with E-state index in [1.54, 1.807) is 19.9 Å². The Morgan fingerprint density at radius 3 is 2.39 bits per heavy atom. The van der Waals surface area contributed by atoms with Crippen molar-refractivity contribution in [3.8, 4) is 17.4 Å². The molecule has 1 unspecified atom stereocenters. The Kier molecular flexibility index (Phi) is 7.14. The summed E-state index contributed by atoms with van der Waals surface area (Å²) in [7, 11) is 0. The maximum Gasteiger partial charge on any atom is 0.417 e. The van der Waals surface area contributed by atoms with Gasteiger partial charge in [-0.05, 0) is 32.0 Å². The highest BCUT2D eigenvalue weighted by Crippen LogP contribution is 2.30. The van der Waals surface area contributed by atoms with Crippen LogP contribution in [0, 0.1) is 11.6 Å². The second kappa shape index (κ2) is 9.84. The Labute approximate surface area is 185 Å². The molecule has 0 bridgehead atoms. The molecule has 7 nitrogen and oxygen atoms in total. The first-order valence-electron chi connectivity index (χ1n) is 9.71. The second-order valence-electron chi connectivity index (χ2n) is 6.88. The van der Waals surface area contributed by atoms with E-state index in [1.807, 2.05) is 0 Å². The van der Waals surface area contributed by atoms with Gasteiger partial charge in [0.25, 0.3) is 5.91 Å². The number of halogens is 5. The summed E-state index contributed by atoms with van der Waals surface area (Å²) in [5, 5.41) is 0. The zero-order valence-electron chi connectivity index (χ0n) is 17.5. The minimum atomic E-state index is -4.75. The molecule has 0 aliphatic heterocycles. The summed E-state index contributed by atoms with van der Waals surface area (Å²) in [4.78, 5) is 29.9. The van der Waals surface area contributed by atoms with E-state index in [9.17, 15) is 26.7 Å². The minimum Gasteiger partial charge on any atom is -0.473 e. The number of ether oxygens (including phenoxy) is 1. The number of carbonyl (C=O) groups is 1. The maximum atomic E-state index is 14.0. The van der Waals surface area contributed by atoms with E-state index in [-0.39, 0.29) is 36.3 Å². The molecule has 3 heterocycles. The Balaban J connectivity index is 1.80. The van der Waals surface area contributed by atoms with Crippen LogP contribution in [0.4, 0.5) is 22.0 Å². The van der Waals surface area contributed by atoms with E-state index < -0.39 is 41.2 Å². The van der Waals surface area contributed by atoms with Gasteiger partial charge >= 0.3 is 6.18 Å². The molecule has 0 N–H and O–H groups in total. The summed E-state index contributed by atoms with van der Waals surface area (Å²) in [6.45, 7) is 3.12. The molecule has 0 fully saturated rings. The average molecular weight is 467 g/mol. The first kappa shape index (κ1) is 24.0. The van der Waals surface area contributed by atoms with Crippen molar-refractivity contribution < 1.29 is 31.5 Å². The minimum absolute atomic E-state index is 0.0732. The van der Waals surface area contributed by atoms with E-state index >= 15 is 0 Å². The highest BCUT2D eigenvalue weighted by molar-refractivity contribution is 5.99. The van der Waals surface area contributed by atoms with Crippen LogP contribution < -0.4 is 4.74 Å². The third kappa shape index (κ3) is 5.57. The van der Waals surface area contributed by atoms with Crippen molar-refractivity contribution in [2.75, 3.05) is 13.2 Å². The molecule has 0 saturated heterocycles. The number of alkyl halides is 3. The van der Waals surface area contributed by atoms with Crippen LogP contribution in [0.25, 0.3) is 11.5 Å². The molecule has 0 aromatic carbocycles. The lowest BCUT2D eigenvalue weighted by atomic mass is 10.1. The molecule has 1 amide bonds. The van der Waals surface area contributed by atoms with Crippen molar-refractivity contribution in [1.82, 2.24) is 24.8 Å². The maximum absolute atomic E-state index is 14.0. The highest BCUT2D eigenvalue weighted by Gasteiger charge is 2.32. The van der Waals surface area contributed by atoms with Gasteiger partial charge in [-0.15, -0.1) is 0 Å². The van der Waals surface area contributed by atoms with Gasteiger partial charge in [0.1, 0.15) is 18.1 Å². The normalized spacial score (nSPS) is 12.3. The largest absolute Gasteiger partial charge is 0.473 e. The lowest BCUT2D eigenvalue weighted by Gasteiger charge is -2.28. The monoisotopic (exact) mass is 467 g/mol. The van der Waals surface area contributed by atoms with Crippen molar-refractivity contribution in [2.24, 2.45) is 0 Å². The van der Waals surface area contributed by atoms with Crippen molar-refractivity contribution in [2.45, 2.75) is 26.1 Å². The van der Waals surface area contributed by atoms with Crippen LogP contribution in [0.3, 0.4) is 0 Å². The van der Waals surface area contributed by atoms with Crippen LogP contribution in [0.1, 0.15) is 29.8 Å². The Hall–Kier alpha value is -3.70. The van der Waals surface area contributed by atoms with Crippen LogP contribution in [0.15, 0.2) is 43.0 Å². The van der Waals surface area contributed by atoms with Crippen LogP contribution in [0.2, 0.25) is 0 Å². The van der Waals surface area contributed by atoms with Gasteiger partial charge in [0.05, 0.1) is 23.4 Å². The summed E-state index contributed by atoms with van der Waals surface area (Å²) in [6.07, 6.45) is -0.465. The van der Waals surface area contributed by atoms with Crippen LogP contribution in [-0.4, -0.2) is 49.9 Å². The summed E-state index contributed by atoms with van der Waals surface area (Å²) in [5.41, 5.74) is -1.27. The van der Waals surface area contributed by atoms with Crippen molar-refractivity contribution in [3.63, 3.8) is 0 Å². The third-order valence-corrected chi connectivity index (χ3v) is 4.59. The van der Waals surface area contributed by atoms with E-state index in [2.05, 4.69) is 19.9 Å². The SMILES string of the molecule is CCN(C(=O)c1cc(F)cnc1-c1ncccn1)C(C)COc1ncc(C(F)(F)F)cc1F. The van der Waals surface area contributed by atoms with Crippen molar-refractivity contribution in [3.05, 3.63) is 65.7 Å². The lowest BCUT2D eigenvalue weighted by Crippen LogP contribution is -2.42. The van der Waals surface area contributed by atoms with Crippen molar-refractivity contribution >= 4 is 5.91 Å².